The van der Waals surface area contributed by atoms with Crippen LogP contribution in [0.2, 0.25) is 0 Å². The van der Waals surface area contributed by atoms with Crippen molar-refractivity contribution in [1.82, 2.24) is 10.1 Å². The number of aryl methyl sites for hydroxylation is 1. The van der Waals surface area contributed by atoms with Crippen LogP contribution in [0.5, 0.6) is 0 Å². The van der Waals surface area contributed by atoms with Crippen LogP contribution < -0.4 is 5.73 Å². The largest absolute Gasteiger partial charge is 0.372 e. The van der Waals surface area contributed by atoms with Crippen LogP contribution in [0.25, 0.3) is 0 Å². The summed E-state index contributed by atoms with van der Waals surface area (Å²) in [7, 11) is 0. The zero-order valence-corrected chi connectivity index (χ0v) is 6.41. The Morgan fingerprint density at radius 3 is 3.00 bits per heavy atom. The van der Waals surface area contributed by atoms with E-state index in [4.69, 9.17) is 15.0 Å². The number of ether oxygens (including phenoxy) is 1. The molecule has 0 atom stereocenters. The summed E-state index contributed by atoms with van der Waals surface area (Å²) in [6, 6.07) is 0. The Hall–Kier alpha value is -0.940. The molecule has 62 valence electrons. The van der Waals surface area contributed by atoms with Gasteiger partial charge in [0.1, 0.15) is 6.61 Å². The molecule has 0 aliphatic carbocycles. The minimum absolute atomic E-state index is 0.370. The summed E-state index contributed by atoms with van der Waals surface area (Å²) >= 11 is 0. The summed E-state index contributed by atoms with van der Waals surface area (Å²) in [5.74, 6) is 1.12. The third kappa shape index (κ3) is 2.65. The fraction of sp³-hybridized carbons (Fsp3) is 0.667. The first-order valence-electron chi connectivity index (χ1n) is 3.40. The van der Waals surface area contributed by atoms with E-state index in [2.05, 4.69) is 10.1 Å². The molecule has 0 aliphatic heterocycles. The molecule has 1 heterocycles. The van der Waals surface area contributed by atoms with Crippen LogP contribution in [0.1, 0.15) is 11.7 Å². The fourth-order valence-electron chi connectivity index (χ4n) is 0.647. The molecular weight excluding hydrogens is 146 g/mol. The smallest absolute Gasteiger partial charge is 0.223 e. The van der Waals surface area contributed by atoms with E-state index in [0.717, 1.165) is 0 Å². The van der Waals surface area contributed by atoms with Crippen LogP contribution in [-0.2, 0) is 11.3 Å². The fourth-order valence-corrected chi connectivity index (χ4v) is 0.647. The number of rotatable bonds is 4. The van der Waals surface area contributed by atoms with E-state index >= 15 is 0 Å². The average molecular weight is 157 g/mol. The van der Waals surface area contributed by atoms with E-state index in [-0.39, 0.29) is 0 Å². The lowest BCUT2D eigenvalue weighted by Gasteiger charge is -1.95. The van der Waals surface area contributed by atoms with Crippen molar-refractivity contribution in [1.29, 1.82) is 0 Å². The SMILES string of the molecule is Cc1nc(COCCN)no1. The summed E-state index contributed by atoms with van der Waals surface area (Å²) in [5, 5.41) is 3.64. The minimum atomic E-state index is 0.370. The average Bonchev–Trinajstić information content (AvgIpc) is 2.37. The normalized spacial score (nSPS) is 10.4. The second-order valence-corrected chi connectivity index (χ2v) is 2.07. The van der Waals surface area contributed by atoms with E-state index in [1.165, 1.54) is 0 Å². The Morgan fingerprint density at radius 2 is 2.45 bits per heavy atom. The van der Waals surface area contributed by atoms with Gasteiger partial charge in [0.25, 0.3) is 0 Å². The molecule has 0 spiro atoms. The standard InChI is InChI=1S/C6H11N3O2/c1-5-8-6(9-11-5)4-10-3-2-7/h2-4,7H2,1H3. The van der Waals surface area contributed by atoms with Crippen molar-refractivity contribution < 1.29 is 9.26 Å². The van der Waals surface area contributed by atoms with Gasteiger partial charge in [0.05, 0.1) is 6.61 Å². The molecule has 0 fully saturated rings. The third-order valence-electron chi connectivity index (χ3n) is 1.06. The van der Waals surface area contributed by atoms with Gasteiger partial charge in [-0.05, 0) is 0 Å². The van der Waals surface area contributed by atoms with Gasteiger partial charge >= 0.3 is 0 Å². The molecule has 5 nitrogen and oxygen atoms in total. The molecule has 11 heavy (non-hydrogen) atoms. The maximum atomic E-state index is 5.21. The van der Waals surface area contributed by atoms with Crippen LogP contribution in [0.3, 0.4) is 0 Å². The highest BCUT2D eigenvalue weighted by molar-refractivity contribution is 4.80. The van der Waals surface area contributed by atoms with Gasteiger partial charge < -0.3 is 15.0 Å². The molecule has 1 aromatic rings. The molecule has 0 saturated heterocycles. The van der Waals surface area contributed by atoms with Crippen LogP contribution in [0.15, 0.2) is 4.52 Å². The lowest BCUT2D eigenvalue weighted by molar-refractivity contribution is 0.120. The van der Waals surface area contributed by atoms with Crippen LogP contribution in [-0.4, -0.2) is 23.3 Å². The van der Waals surface area contributed by atoms with Crippen molar-refractivity contribution >= 4 is 0 Å². The minimum Gasteiger partial charge on any atom is -0.372 e. The molecule has 0 amide bonds. The zero-order chi connectivity index (χ0) is 8.10. The number of hydrogen-bond donors (Lipinski definition) is 1. The molecule has 0 unspecified atom stereocenters. The first kappa shape index (κ1) is 8.16. The second kappa shape index (κ2) is 4.05. The molecule has 0 saturated carbocycles. The highest BCUT2D eigenvalue weighted by Crippen LogP contribution is 1.95. The molecular formula is C6H11N3O2. The summed E-state index contributed by atoms with van der Waals surface area (Å²) in [4.78, 5) is 3.94. The molecule has 1 rings (SSSR count). The number of hydrogen-bond acceptors (Lipinski definition) is 5. The van der Waals surface area contributed by atoms with Crippen molar-refractivity contribution in [3.63, 3.8) is 0 Å². The van der Waals surface area contributed by atoms with Gasteiger partial charge in [0.2, 0.25) is 5.89 Å². The number of nitrogens with two attached hydrogens (primary N) is 1. The topological polar surface area (TPSA) is 74.2 Å². The molecule has 0 aliphatic rings. The van der Waals surface area contributed by atoms with Crippen LogP contribution in [0, 0.1) is 6.92 Å². The van der Waals surface area contributed by atoms with Crippen molar-refractivity contribution in [3.05, 3.63) is 11.7 Å². The molecule has 0 radical (unpaired) electrons. The summed E-state index contributed by atoms with van der Waals surface area (Å²) in [5.41, 5.74) is 5.21. The zero-order valence-electron chi connectivity index (χ0n) is 6.41. The van der Waals surface area contributed by atoms with E-state index < -0.39 is 0 Å². The molecule has 0 bridgehead atoms. The molecule has 0 aromatic carbocycles. The first-order valence-corrected chi connectivity index (χ1v) is 3.40. The van der Waals surface area contributed by atoms with Gasteiger partial charge in [-0.3, -0.25) is 0 Å². The van der Waals surface area contributed by atoms with Crippen molar-refractivity contribution in [2.75, 3.05) is 13.2 Å². The number of aromatic nitrogens is 2. The monoisotopic (exact) mass is 157 g/mol. The van der Waals surface area contributed by atoms with Gasteiger partial charge in [-0.25, -0.2) is 0 Å². The van der Waals surface area contributed by atoms with Crippen LogP contribution >= 0.6 is 0 Å². The summed E-state index contributed by atoms with van der Waals surface area (Å²) in [6.07, 6.45) is 0. The lowest BCUT2D eigenvalue weighted by Crippen LogP contribution is -2.08. The van der Waals surface area contributed by atoms with Crippen molar-refractivity contribution in [2.45, 2.75) is 13.5 Å². The van der Waals surface area contributed by atoms with Gasteiger partial charge in [-0.2, -0.15) is 4.98 Å². The predicted octanol–water partition coefficient (Wildman–Crippen LogP) is -0.147. The lowest BCUT2D eigenvalue weighted by atomic mass is 10.6. The van der Waals surface area contributed by atoms with E-state index in [1.807, 2.05) is 0 Å². The Balaban J connectivity index is 2.27. The Bertz CT molecular complexity index is 211. The van der Waals surface area contributed by atoms with Gasteiger partial charge in [0, 0.05) is 13.5 Å². The predicted molar refractivity (Wildman–Crippen MR) is 37.7 cm³/mol. The first-order chi connectivity index (χ1) is 5.33. The highest BCUT2D eigenvalue weighted by atomic mass is 16.5. The Labute approximate surface area is 64.5 Å². The van der Waals surface area contributed by atoms with Crippen molar-refractivity contribution in [2.24, 2.45) is 5.73 Å². The Kier molecular flexibility index (Phi) is 3.00. The molecule has 5 heteroatoms. The van der Waals surface area contributed by atoms with Gasteiger partial charge in [0.15, 0.2) is 5.82 Å². The molecule has 1 aromatic heterocycles. The van der Waals surface area contributed by atoms with E-state index in [9.17, 15) is 0 Å². The summed E-state index contributed by atoms with van der Waals surface area (Å²) < 4.78 is 9.79. The third-order valence-corrected chi connectivity index (χ3v) is 1.06. The summed E-state index contributed by atoms with van der Waals surface area (Å²) in [6.45, 7) is 3.14. The molecule has 2 N–H and O–H groups in total. The number of nitrogens with zero attached hydrogens (tertiary/aromatic N) is 2. The van der Waals surface area contributed by atoms with E-state index in [1.54, 1.807) is 6.92 Å². The van der Waals surface area contributed by atoms with Gasteiger partial charge in [-0.1, -0.05) is 5.16 Å². The Morgan fingerprint density at radius 1 is 1.64 bits per heavy atom. The van der Waals surface area contributed by atoms with E-state index in [0.29, 0.717) is 31.5 Å². The van der Waals surface area contributed by atoms with Crippen molar-refractivity contribution in [3.8, 4) is 0 Å². The maximum Gasteiger partial charge on any atom is 0.223 e. The second-order valence-electron chi connectivity index (χ2n) is 2.07. The van der Waals surface area contributed by atoms with Gasteiger partial charge in [-0.15, -0.1) is 0 Å². The maximum absolute atomic E-state index is 5.21. The van der Waals surface area contributed by atoms with Crippen LogP contribution in [0.4, 0.5) is 0 Å². The highest BCUT2D eigenvalue weighted by Gasteiger charge is 2.00. The quantitative estimate of drug-likeness (QED) is 0.615.